The summed E-state index contributed by atoms with van der Waals surface area (Å²) in [6, 6.07) is 11.4. The van der Waals surface area contributed by atoms with Gasteiger partial charge in [-0.2, -0.15) is 0 Å². The molecule has 3 nitrogen and oxygen atoms in total. The molecule has 90 valence electrons. The molecule has 18 heavy (non-hydrogen) atoms. The van der Waals surface area contributed by atoms with E-state index in [-0.39, 0.29) is 0 Å². The van der Waals surface area contributed by atoms with E-state index in [1.54, 1.807) is 31.7 Å². The molecule has 0 saturated heterocycles. The summed E-state index contributed by atoms with van der Waals surface area (Å²) in [6.07, 6.45) is 4.88. The molecule has 1 unspecified atom stereocenters. The fourth-order valence-electron chi connectivity index (χ4n) is 2.22. The van der Waals surface area contributed by atoms with Gasteiger partial charge in [0, 0.05) is 17.1 Å². The largest absolute Gasteiger partial charge is 0.472 e. The molecule has 0 aliphatic rings. The number of rotatable bonds is 2. The molecule has 0 amide bonds. The van der Waals surface area contributed by atoms with Crippen LogP contribution in [-0.2, 0) is 5.60 Å². The standard InChI is InChI=1S/C15H13NO2/c1-15(17,11-7-9-18-10-11)13-5-2-6-14-12(13)4-3-8-16-14/h2-10,17H,1H3. The summed E-state index contributed by atoms with van der Waals surface area (Å²) in [5, 5.41) is 11.7. The molecule has 3 aromatic rings. The first-order valence-electron chi connectivity index (χ1n) is 5.79. The van der Waals surface area contributed by atoms with Crippen LogP contribution in [-0.4, -0.2) is 10.1 Å². The van der Waals surface area contributed by atoms with Gasteiger partial charge in [-0.15, -0.1) is 0 Å². The van der Waals surface area contributed by atoms with Gasteiger partial charge in [-0.1, -0.05) is 18.2 Å². The Bertz CT molecular complexity index is 667. The second kappa shape index (κ2) is 3.96. The van der Waals surface area contributed by atoms with Crippen molar-refractivity contribution in [1.29, 1.82) is 0 Å². The van der Waals surface area contributed by atoms with E-state index in [1.165, 1.54) is 0 Å². The Morgan fingerprint density at radius 3 is 2.83 bits per heavy atom. The van der Waals surface area contributed by atoms with Gasteiger partial charge >= 0.3 is 0 Å². The highest BCUT2D eigenvalue weighted by Gasteiger charge is 2.28. The maximum Gasteiger partial charge on any atom is 0.116 e. The molecular weight excluding hydrogens is 226 g/mol. The molecule has 0 radical (unpaired) electrons. The molecule has 2 aromatic heterocycles. The van der Waals surface area contributed by atoms with Crippen LogP contribution < -0.4 is 0 Å². The van der Waals surface area contributed by atoms with Crippen molar-refractivity contribution in [3.8, 4) is 0 Å². The Hall–Kier alpha value is -2.13. The van der Waals surface area contributed by atoms with E-state index in [9.17, 15) is 5.11 Å². The second-order valence-electron chi connectivity index (χ2n) is 4.46. The number of furan rings is 1. The summed E-state index contributed by atoms with van der Waals surface area (Å²) in [7, 11) is 0. The van der Waals surface area contributed by atoms with Gasteiger partial charge in [-0.3, -0.25) is 4.98 Å². The van der Waals surface area contributed by atoms with Gasteiger partial charge < -0.3 is 9.52 Å². The zero-order valence-corrected chi connectivity index (χ0v) is 10.00. The number of hydrogen-bond acceptors (Lipinski definition) is 3. The number of fused-ring (bicyclic) bond motifs is 1. The van der Waals surface area contributed by atoms with Crippen LogP contribution >= 0.6 is 0 Å². The molecule has 2 heterocycles. The van der Waals surface area contributed by atoms with Gasteiger partial charge in [0.05, 0.1) is 18.0 Å². The summed E-state index contributed by atoms with van der Waals surface area (Å²) in [6.45, 7) is 1.76. The third-order valence-electron chi connectivity index (χ3n) is 3.25. The Labute approximate surface area is 105 Å². The first-order valence-corrected chi connectivity index (χ1v) is 5.79. The minimum Gasteiger partial charge on any atom is -0.472 e. The van der Waals surface area contributed by atoms with Crippen molar-refractivity contribution >= 4 is 10.9 Å². The van der Waals surface area contributed by atoms with E-state index in [0.717, 1.165) is 22.0 Å². The molecular formula is C15H13NO2. The van der Waals surface area contributed by atoms with Crippen molar-refractivity contribution in [2.75, 3.05) is 0 Å². The number of aromatic nitrogens is 1. The number of nitrogens with zero attached hydrogens (tertiary/aromatic N) is 1. The van der Waals surface area contributed by atoms with Gasteiger partial charge in [0.15, 0.2) is 0 Å². The zero-order chi connectivity index (χ0) is 12.6. The van der Waals surface area contributed by atoms with Gasteiger partial charge in [-0.05, 0) is 30.7 Å². The molecule has 0 aliphatic carbocycles. The van der Waals surface area contributed by atoms with Crippen molar-refractivity contribution in [3.05, 3.63) is 66.2 Å². The molecule has 0 aliphatic heterocycles. The lowest BCUT2D eigenvalue weighted by molar-refractivity contribution is 0.103. The van der Waals surface area contributed by atoms with Crippen LogP contribution in [0.1, 0.15) is 18.1 Å². The lowest BCUT2D eigenvalue weighted by Crippen LogP contribution is -2.22. The Kier molecular flexibility index (Phi) is 2.42. The SMILES string of the molecule is CC(O)(c1ccoc1)c1cccc2ncccc12. The van der Waals surface area contributed by atoms with Crippen molar-refractivity contribution in [3.63, 3.8) is 0 Å². The van der Waals surface area contributed by atoms with Crippen LogP contribution in [0.3, 0.4) is 0 Å². The minimum atomic E-state index is -1.09. The summed E-state index contributed by atoms with van der Waals surface area (Å²) in [4.78, 5) is 4.30. The van der Waals surface area contributed by atoms with Gasteiger partial charge in [0.2, 0.25) is 0 Å². The van der Waals surface area contributed by atoms with E-state index in [1.807, 2.05) is 30.3 Å². The molecule has 0 spiro atoms. The highest BCUT2D eigenvalue weighted by Crippen LogP contribution is 2.33. The van der Waals surface area contributed by atoms with Gasteiger partial charge in [-0.25, -0.2) is 0 Å². The number of hydrogen-bond donors (Lipinski definition) is 1. The molecule has 1 atom stereocenters. The zero-order valence-electron chi connectivity index (χ0n) is 10.00. The Balaban J connectivity index is 2.26. The highest BCUT2D eigenvalue weighted by atomic mass is 16.3. The van der Waals surface area contributed by atoms with Gasteiger partial charge in [0.25, 0.3) is 0 Å². The predicted octanol–water partition coefficient (Wildman–Crippen LogP) is 3.08. The molecule has 3 heteroatoms. The fraction of sp³-hybridized carbons (Fsp3) is 0.133. The highest BCUT2D eigenvalue weighted by molar-refractivity contribution is 5.83. The lowest BCUT2D eigenvalue weighted by Gasteiger charge is -2.23. The molecule has 1 N–H and O–H groups in total. The van der Waals surface area contributed by atoms with E-state index in [0.29, 0.717) is 0 Å². The van der Waals surface area contributed by atoms with Crippen molar-refractivity contribution in [2.45, 2.75) is 12.5 Å². The van der Waals surface area contributed by atoms with E-state index >= 15 is 0 Å². The van der Waals surface area contributed by atoms with Crippen LogP contribution in [0.25, 0.3) is 10.9 Å². The number of pyridine rings is 1. The Morgan fingerprint density at radius 1 is 1.17 bits per heavy atom. The van der Waals surface area contributed by atoms with Crippen LogP contribution in [0.4, 0.5) is 0 Å². The summed E-state index contributed by atoms with van der Waals surface area (Å²) in [5.74, 6) is 0. The maximum atomic E-state index is 10.8. The monoisotopic (exact) mass is 239 g/mol. The van der Waals surface area contributed by atoms with Crippen molar-refractivity contribution in [1.82, 2.24) is 4.98 Å². The number of aliphatic hydroxyl groups is 1. The van der Waals surface area contributed by atoms with Crippen molar-refractivity contribution < 1.29 is 9.52 Å². The summed E-state index contributed by atoms with van der Waals surface area (Å²) < 4.78 is 5.06. The predicted molar refractivity (Wildman–Crippen MR) is 69.1 cm³/mol. The smallest absolute Gasteiger partial charge is 0.116 e. The lowest BCUT2D eigenvalue weighted by atomic mass is 9.87. The minimum absolute atomic E-state index is 0.735. The quantitative estimate of drug-likeness (QED) is 0.747. The second-order valence-corrected chi connectivity index (χ2v) is 4.46. The molecule has 0 bridgehead atoms. The fourth-order valence-corrected chi connectivity index (χ4v) is 2.22. The molecule has 3 rings (SSSR count). The average molecular weight is 239 g/mol. The maximum absolute atomic E-state index is 10.8. The topological polar surface area (TPSA) is 46.3 Å². The normalized spacial score (nSPS) is 14.6. The summed E-state index contributed by atoms with van der Waals surface area (Å²) >= 11 is 0. The first-order chi connectivity index (χ1) is 8.69. The van der Waals surface area contributed by atoms with Gasteiger partial charge in [0.1, 0.15) is 5.60 Å². The molecule has 1 aromatic carbocycles. The van der Waals surface area contributed by atoms with Crippen molar-refractivity contribution in [2.24, 2.45) is 0 Å². The van der Waals surface area contributed by atoms with Crippen LogP contribution in [0, 0.1) is 0 Å². The third-order valence-corrected chi connectivity index (χ3v) is 3.25. The van der Waals surface area contributed by atoms with Crippen LogP contribution in [0.2, 0.25) is 0 Å². The van der Waals surface area contributed by atoms with E-state index in [2.05, 4.69) is 4.98 Å². The van der Waals surface area contributed by atoms with E-state index < -0.39 is 5.60 Å². The van der Waals surface area contributed by atoms with E-state index in [4.69, 9.17) is 4.42 Å². The Morgan fingerprint density at radius 2 is 2.06 bits per heavy atom. The molecule has 0 saturated carbocycles. The number of benzene rings is 1. The average Bonchev–Trinajstić information content (AvgIpc) is 2.92. The third kappa shape index (κ3) is 1.60. The summed E-state index contributed by atoms with van der Waals surface area (Å²) in [5.41, 5.74) is 1.35. The van der Waals surface area contributed by atoms with Crippen LogP contribution in [0.5, 0.6) is 0 Å². The van der Waals surface area contributed by atoms with Crippen LogP contribution in [0.15, 0.2) is 59.5 Å². The molecule has 0 fully saturated rings. The first kappa shape index (κ1) is 11.0.